The molecule has 10 heteroatoms. The fourth-order valence-electron chi connectivity index (χ4n) is 6.81. The minimum absolute atomic E-state index is 0.116. The Kier molecular flexibility index (Phi) is 9.52. The van der Waals surface area contributed by atoms with Crippen LogP contribution in [0.5, 0.6) is 0 Å². The number of aliphatic hydroxyl groups excluding tert-OH is 2. The number of hydrogen-bond donors (Lipinski definition) is 2. The normalized spacial score (nSPS) is 20.9. The number of aryl methyl sites for hydroxylation is 2. The van der Waals surface area contributed by atoms with Crippen LogP contribution in [0.4, 0.5) is 18.0 Å². The molecule has 2 aromatic carbocycles. The van der Waals surface area contributed by atoms with Crippen molar-refractivity contribution in [3.8, 4) is 0 Å². The second-order valence-corrected chi connectivity index (χ2v) is 12.6. The molecule has 43 heavy (non-hydrogen) atoms. The largest absolute Gasteiger partial charge is 0.416 e. The summed E-state index contributed by atoms with van der Waals surface area (Å²) in [4.78, 5) is 33.1. The Morgan fingerprint density at radius 1 is 1.02 bits per heavy atom. The fourth-order valence-corrected chi connectivity index (χ4v) is 6.81. The summed E-state index contributed by atoms with van der Waals surface area (Å²) in [5.41, 5.74) is 2.15. The number of benzene rings is 2. The minimum Gasteiger partial charge on any atom is -0.396 e. The average molecular weight is 604 g/mol. The van der Waals surface area contributed by atoms with Crippen LogP contribution in [0.15, 0.2) is 36.4 Å². The second-order valence-electron chi connectivity index (χ2n) is 12.6. The van der Waals surface area contributed by atoms with Crippen LogP contribution in [0, 0.1) is 19.3 Å². The Hall–Kier alpha value is -3.11. The number of fused-ring (bicyclic) bond motifs is 1. The molecule has 2 saturated heterocycles. The van der Waals surface area contributed by atoms with Crippen molar-refractivity contribution in [3.05, 3.63) is 69.8 Å². The van der Waals surface area contributed by atoms with Crippen molar-refractivity contribution in [3.63, 3.8) is 0 Å². The van der Waals surface area contributed by atoms with E-state index in [1.165, 1.54) is 11.0 Å². The monoisotopic (exact) mass is 603 g/mol. The third-order valence-electron chi connectivity index (χ3n) is 9.51. The van der Waals surface area contributed by atoms with E-state index in [2.05, 4.69) is 0 Å². The highest BCUT2D eigenvalue weighted by molar-refractivity contribution is 5.86. The predicted octanol–water partition coefficient (Wildman–Crippen LogP) is 5.97. The number of amides is 3. The van der Waals surface area contributed by atoms with Gasteiger partial charge in [0.15, 0.2) is 0 Å². The van der Waals surface area contributed by atoms with Crippen LogP contribution in [0.25, 0.3) is 0 Å². The first-order chi connectivity index (χ1) is 20.1. The first-order valence-electron chi connectivity index (χ1n) is 15.0. The number of rotatable bonds is 8. The van der Waals surface area contributed by atoms with Crippen LogP contribution in [0.2, 0.25) is 0 Å². The van der Waals surface area contributed by atoms with Gasteiger partial charge in [0.05, 0.1) is 29.1 Å². The lowest BCUT2D eigenvalue weighted by atomic mass is 9.77. The van der Waals surface area contributed by atoms with E-state index in [1.54, 1.807) is 29.8 Å². The zero-order chi connectivity index (χ0) is 31.9. The Balaban J connectivity index is 1.75. The summed E-state index contributed by atoms with van der Waals surface area (Å²) in [5, 5.41) is 19.7. The summed E-state index contributed by atoms with van der Waals surface area (Å²) < 4.78 is 41.4. The van der Waals surface area contributed by atoms with Crippen LogP contribution < -0.4 is 0 Å². The summed E-state index contributed by atoms with van der Waals surface area (Å²) in [7, 11) is 1.61. The van der Waals surface area contributed by atoms with Gasteiger partial charge in [0.25, 0.3) is 0 Å². The van der Waals surface area contributed by atoms with E-state index in [9.17, 15) is 33.0 Å². The molecule has 3 amide bonds. The van der Waals surface area contributed by atoms with E-state index in [1.807, 2.05) is 45.9 Å². The van der Waals surface area contributed by atoms with Gasteiger partial charge in [-0.05, 0) is 80.3 Å². The van der Waals surface area contributed by atoms with E-state index in [-0.39, 0.29) is 56.5 Å². The number of halogens is 3. The molecular formula is C33H44F3N3O4. The summed E-state index contributed by atoms with van der Waals surface area (Å²) in [6.07, 6.45) is -3.70. The van der Waals surface area contributed by atoms with Gasteiger partial charge >= 0.3 is 12.2 Å². The molecule has 0 aliphatic carbocycles. The van der Waals surface area contributed by atoms with Crippen molar-refractivity contribution < 1.29 is 33.0 Å². The number of carbonyl (C=O) groups is 2. The smallest absolute Gasteiger partial charge is 0.396 e. The molecule has 3 atom stereocenters. The number of nitrogens with zero attached hydrogens (tertiary/aromatic N) is 3. The van der Waals surface area contributed by atoms with Crippen LogP contribution in [-0.2, 0) is 11.0 Å². The zero-order valence-electron chi connectivity index (χ0n) is 25.9. The van der Waals surface area contributed by atoms with E-state index in [4.69, 9.17) is 0 Å². The highest BCUT2D eigenvalue weighted by Gasteiger charge is 2.56. The number of aliphatic hydroxyl groups is 2. The number of hydrogen-bond acceptors (Lipinski definition) is 4. The van der Waals surface area contributed by atoms with E-state index < -0.39 is 29.2 Å². The molecule has 0 radical (unpaired) electrons. The van der Waals surface area contributed by atoms with Gasteiger partial charge < -0.3 is 24.9 Å². The van der Waals surface area contributed by atoms with E-state index in [0.717, 1.165) is 22.8 Å². The lowest BCUT2D eigenvalue weighted by Crippen LogP contribution is -2.57. The highest BCUT2D eigenvalue weighted by atomic mass is 19.4. The molecular weight excluding hydrogens is 559 g/mol. The van der Waals surface area contributed by atoms with Crippen molar-refractivity contribution in [2.75, 3.05) is 33.4 Å². The lowest BCUT2D eigenvalue weighted by Gasteiger charge is -2.47. The van der Waals surface area contributed by atoms with Gasteiger partial charge in [-0.3, -0.25) is 4.79 Å². The first kappa shape index (κ1) is 32.8. The van der Waals surface area contributed by atoms with Gasteiger partial charge in [-0.25, -0.2) is 4.79 Å². The molecule has 2 aliphatic rings. The van der Waals surface area contributed by atoms with Gasteiger partial charge in [-0.15, -0.1) is 0 Å². The molecule has 2 heterocycles. The standard InChI is InChI=1S/C33H44F3N3O4/c1-20(2)24-16-25(18-26(17-24)33(34,35)36)23(5)37(6)31(43)39-12-11-38-28(19-32(9-13-40,10-14-41)30(38)42)29(39)27-15-21(3)7-8-22(27)4/h7-8,15-18,20,23,28-29,40-41H,9-14,19H2,1-6H3/t23-,28+,29+/m1/s1. The Morgan fingerprint density at radius 3 is 2.23 bits per heavy atom. The Morgan fingerprint density at radius 2 is 1.65 bits per heavy atom. The van der Waals surface area contributed by atoms with Crippen molar-refractivity contribution in [1.82, 2.24) is 14.7 Å². The third kappa shape index (κ3) is 6.27. The Bertz CT molecular complexity index is 1340. The summed E-state index contributed by atoms with van der Waals surface area (Å²) in [6.45, 7) is 9.47. The van der Waals surface area contributed by atoms with E-state index >= 15 is 0 Å². The zero-order valence-corrected chi connectivity index (χ0v) is 25.9. The molecule has 4 rings (SSSR count). The molecule has 2 aliphatic heterocycles. The molecule has 2 N–H and O–H groups in total. The summed E-state index contributed by atoms with van der Waals surface area (Å²) >= 11 is 0. The first-order valence-corrected chi connectivity index (χ1v) is 15.0. The topological polar surface area (TPSA) is 84.3 Å². The second kappa shape index (κ2) is 12.5. The molecule has 2 aromatic rings. The van der Waals surface area contributed by atoms with Crippen LogP contribution in [0.1, 0.15) is 91.4 Å². The maximum atomic E-state index is 14.3. The minimum atomic E-state index is -4.52. The highest BCUT2D eigenvalue weighted by Crippen LogP contribution is 2.49. The van der Waals surface area contributed by atoms with Crippen LogP contribution in [0.3, 0.4) is 0 Å². The van der Waals surface area contributed by atoms with Gasteiger partial charge in [-0.2, -0.15) is 13.2 Å². The molecule has 0 bridgehead atoms. The van der Waals surface area contributed by atoms with Crippen molar-refractivity contribution >= 4 is 11.9 Å². The predicted molar refractivity (Wildman–Crippen MR) is 158 cm³/mol. The van der Waals surface area contributed by atoms with Gasteiger partial charge in [0, 0.05) is 33.4 Å². The van der Waals surface area contributed by atoms with Gasteiger partial charge in [-0.1, -0.05) is 43.7 Å². The molecule has 2 fully saturated rings. The number of urea groups is 1. The summed E-state index contributed by atoms with van der Waals surface area (Å²) in [6, 6.07) is 8.14. The molecule has 0 spiro atoms. The SMILES string of the molecule is Cc1ccc(C)c([C@H]2[C@@H]3CC(CCO)(CCO)C(=O)N3CCN2C(=O)N(C)[C@H](C)c2cc(C(C)C)cc(C(F)(F)F)c2)c1. The van der Waals surface area contributed by atoms with Crippen LogP contribution >= 0.6 is 0 Å². The molecule has 0 unspecified atom stereocenters. The molecule has 0 saturated carbocycles. The average Bonchev–Trinajstić information content (AvgIpc) is 3.23. The Labute approximate surface area is 252 Å². The molecule has 7 nitrogen and oxygen atoms in total. The van der Waals surface area contributed by atoms with Crippen molar-refractivity contribution in [2.24, 2.45) is 5.41 Å². The maximum Gasteiger partial charge on any atom is 0.416 e. The van der Waals surface area contributed by atoms with Gasteiger partial charge in [0.2, 0.25) is 5.91 Å². The van der Waals surface area contributed by atoms with Crippen molar-refractivity contribution in [1.29, 1.82) is 0 Å². The fraction of sp³-hybridized carbons (Fsp3) is 0.576. The number of piperazine rings is 1. The van der Waals surface area contributed by atoms with Crippen LogP contribution in [-0.4, -0.2) is 76.2 Å². The molecule has 236 valence electrons. The summed E-state index contributed by atoms with van der Waals surface area (Å²) in [5.74, 6) is -0.246. The van der Waals surface area contributed by atoms with E-state index in [0.29, 0.717) is 24.1 Å². The lowest BCUT2D eigenvalue weighted by molar-refractivity contribution is -0.140. The quantitative estimate of drug-likeness (QED) is 0.390. The van der Waals surface area contributed by atoms with Crippen molar-refractivity contribution in [2.45, 2.75) is 84.1 Å². The number of carbonyl (C=O) groups excluding carboxylic acids is 2. The maximum absolute atomic E-state index is 14.3. The molecule has 0 aromatic heterocycles. The third-order valence-corrected chi connectivity index (χ3v) is 9.51. The number of alkyl halides is 3. The van der Waals surface area contributed by atoms with Gasteiger partial charge in [0.1, 0.15) is 0 Å².